The number of benzene rings is 9. The fraction of sp³-hybridized carbons (Fsp3) is 0.0690. The van der Waals surface area contributed by atoms with Crippen LogP contribution in [0.1, 0.15) is 47.2 Å². The molecule has 0 radical (unpaired) electrons. The van der Waals surface area contributed by atoms with Gasteiger partial charge in [0.2, 0.25) is 0 Å². The first-order chi connectivity index (χ1) is 29.0. The summed E-state index contributed by atoms with van der Waals surface area (Å²) in [5.41, 5.74) is 20.6. The Morgan fingerprint density at radius 1 is 0.322 bits per heavy atom. The van der Waals surface area contributed by atoms with Crippen molar-refractivity contribution in [3.05, 3.63) is 258 Å². The van der Waals surface area contributed by atoms with Gasteiger partial charge >= 0.3 is 0 Å². The molecule has 0 unspecified atom stereocenters. The van der Waals surface area contributed by atoms with Gasteiger partial charge in [-0.05, 0) is 103 Å². The highest BCUT2D eigenvalue weighted by Crippen LogP contribution is 2.59. The fourth-order valence-corrected chi connectivity index (χ4v) is 10.3. The Bertz CT molecular complexity index is 2970. The summed E-state index contributed by atoms with van der Waals surface area (Å²) in [4.78, 5) is 2.49. The normalized spacial score (nSPS) is 13.9. The van der Waals surface area contributed by atoms with Crippen molar-refractivity contribution in [1.82, 2.24) is 0 Å². The van der Waals surface area contributed by atoms with Gasteiger partial charge in [-0.15, -0.1) is 0 Å². The van der Waals surface area contributed by atoms with Crippen LogP contribution < -0.4 is 4.90 Å². The lowest BCUT2D eigenvalue weighted by atomic mass is 9.67. The molecule has 0 N–H and O–H groups in total. The van der Waals surface area contributed by atoms with Crippen LogP contribution in [0.25, 0.3) is 44.5 Å². The third-order valence-electron chi connectivity index (χ3n) is 13.0. The summed E-state index contributed by atoms with van der Waals surface area (Å²) >= 11 is 0. The van der Waals surface area contributed by atoms with Crippen molar-refractivity contribution in [3.63, 3.8) is 0 Å². The first kappa shape index (κ1) is 35.0. The van der Waals surface area contributed by atoms with Gasteiger partial charge in [-0.2, -0.15) is 0 Å². The van der Waals surface area contributed by atoms with Gasteiger partial charge in [-0.25, -0.2) is 0 Å². The molecular formula is C58H43N. The number of rotatable bonds is 7. The minimum absolute atomic E-state index is 0.138. The van der Waals surface area contributed by atoms with E-state index in [1.54, 1.807) is 0 Å². The highest BCUT2D eigenvalue weighted by atomic mass is 15.1. The van der Waals surface area contributed by atoms with Crippen LogP contribution in [0.5, 0.6) is 0 Å². The Morgan fingerprint density at radius 3 is 1.56 bits per heavy atom. The van der Waals surface area contributed by atoms with Gasteiger partial charge in [0.1, 0.15) is 0 Å². The number of hydrogen-bond acceptors (Lipinski definition) is 1. The van der Waals surface area contributed by atoms with E-state index in [2.05, 4.69) is 243 Å². The Labute approximate surface area is 347 Å². The second-order valence-electron chi connectivity index (χ2n) is 16.4. The van der Waals surface area contributed by atoms with Gasteiger partial charge in [0, 0.05) is 22.4 Å². The van der Waals surface area contributed by atoms with Crippen molar-refractivity contribution in [3.8, 4) is 44.5 Å². The zero-order valence-corrected chi connectivity index (χ0v) is 33.3. The standard InChI is InChI=1S/C58H43N/c1-57(2)51-32-15-12-28-46(51)47-37-36-45(39-54(47)57)59(44-27-18-22-41(38-44)40-20-6-3-7-21-40)55-35-17-14-29-48(55)49-31-19-34-53-56(49)50-30-13-16-33-52(50)58(53,42-23-8-4-9-24-42)43-25-10-5-11-26-43/h3-39H,1-2H3. The van der Waals surface area contributed by atoms with Gasteiger partial charge in [0.05, 0.1) is 11.1 Å². The average molecular weight is 754 g/mol. The molecule has 11 rings (SSSR count). The molecule has 0 saturated carbocycles. The van der Waals surface area contributed by atoms with Crippen LogP contribution in [0, 0.1) is 0 Å². The molecule has 0 aliphatic heterocycles. The molecule has 0 saturated heterocycles. The molecule has 59 heavy (non-hydrogen) atoms. The summed E-state index contributed by atoms with van der Waals surface area (Å²) in [7, 11) is 0. The summed E-state index contributed by atoms with van der Waals surface area (Å²) in [6.45, 7) is 4.73. The van der Waals surface area contributed by atoms with Crippen molar-refractivity contribution in [2.45, 2.75) is 24.7 Å². The summed E-state index contributed by atoms with van der Waals surface area (Å²) in [5.74, 6) is 0. The second-order valence-corrected chi connectivity index (χ2v) is 16.4. The molecular weight excluding hydrogens is 711 g/mol. The zero-order chi connectivity index (χ0) is 39.6. The SMILES string of the molecule is CC1(C)c2ccccc2-c2ccc(N(c3cccc(-c4ccccc4)c3)c3ccccc3-c3cccc4c3-c3ccccc3C4(c3ccccc3)c3ccccc3)cc21. The van der Waals surface area contributed by atoms with E-state index in [-0.39, 0.29) is 5.41 Å². The Kier molecular flexibility index (Phi) is 8.13. The number of para-hydroxylation sites is 1. The highest BCUT2D eigenvalue weighted by molar-refractivity contribution is 6.00. The lowest BCUT2D eigenvalue weighted by molar-refractivity contribution is 0.660. The molecule has 1 nitrogen and oxygen atoms in total. The molecule has 0 bridgehead atoms. The first-order valence-corrected chi connectivity index (χ1v) is 20.7. The molecule has 280 valence electrons. The molecule has 9 aromatic carbocycles. The van der Waals surface area contributed by atoms with E-state index < -0.39 is 5.41 Å². The summed E-state index contributed by atoms with van der Waals surface area (Å²) in [6.07, 6.45) is 0. The summed E-state index contributed by atoms with van der Waals surface area (Å²) < 4.78 is 0. The van der Waals surface area contributed by atoms with Crippen LogP contribution in [-0.2, 0) is 10.8 Å². The predicted octanol–water partition coefficient (Wildman–Crippen LogP) is 15.2. The molecule has 0 fully saturated rings. The average Bonchev–Trinajstić information content (AvgIpc) is 3.73. The van der Waals surface area contributed by atoms with Crippen molar-refractivity contribution >= 4 is 17.1 Å². The van der Waals surface area contributed by atoms with E-state index in [1.165, 1.54) is 77.9 Å². The number of anilines is 3. The fourth-order valence-electron chi connectivity index (χ4n) is 10.3. The molecule has 0 atom stereocenters. The van der Waals surface area contributed by atoms with E-state index in [0.717, 1.165) is 17.1 Å². The Hall–Kier alpha value is -7.22. The maximum absolute atomic E-state index is 2.49. The third-order valence-corrected chi connectivity index (χ3v) is 13.0. The quantitative estimate of drug-likeness (QED) is 0.157. The molecule has 2 aliphatic rings. The molecule has 0 aromatic heterocycles. The lowest BCUT2D eigenvalue weighted by Crippen LogP contribution is -2.28. The van der Waals surface area contributed by atoms with Crippen molar-refractivity contribution < 1.29 is 0 Å². The van der Waals surface area contributed by atoms with Crippen molar-refractivity contribution in [1.29, 1.82) is 0 Å². The topological polar surface area (TPSA) is 3.24 Å². The van der Waals surface area contributed by atoms with E-state index in [0.29, 0.717) is 0 Å². The molecule has 2 aliphatic carbocycles. The van der Waals surface area contributed by atoms with Crippen LogP contribution in [0.4, 0.5) is 17.1 Å². The van der Waals surface area contributed by atoms with Gasteiger partial charge in [-0.1, -0.05) is 208 Å². The number of nitrogens with zero attached hydrogens (tertiary/aromatic N) is 1. The molecule has 0 amide bonds. The summed E-state index contributed by atoms with van der Waals surface area (Å²) in [5, 5.41) is 0. The minimum atomic E-state index is -0.482. The van der Waals surface area contributed by atoms with Crippen LogP contribution in [0.2, 0.25) is 0 Å². The van der Waals surface area contributed by atoms with E-state index >= 15 is 0 Å². The molecule has 1 heteroatoms. The largest absolute Gasteiger partial charge is 0.310 e. The molecule has 9 aromatic rings. The first-order valence-electron chi connectivity index (χ1n) is 20.7. The van der Waals surface area contributed by atoms with Crippen LogP contribution in [0.3, 0.4) is 0 Å². The Balaban J connectivity index is 1.17. The van der Waals surface area contributed by atoms with Crippen LogP contribution in [-0.4, -0.2) is 0 Å². The van der Waals surface area contributed by atoms with Crippen LogP contribution in [0.15, 0.2) is 224 Å². The van der Waals surface area contributed by atoms with Gasteiger partial charge in [0.15, 0.2) is 0 Å². The van der Waals surface area contributed by atoms with Crippen molar-refractivity contribution in [2.24, 2.45) is 0 Å². The van der Waals surface area contributed by atoms with Crippen molar-refractivity contribution in [2.75, 3.05) is 4.90 Å². The maximum atomic E-state index is 2.49. The lowest BCUT2D eigenvalue weighted by Gasteiger charge is -2.34. The van der Waals surface area contributed by atoms with Gasteiger partial charge < -0.3 is 4.90 Å². The van der Waals surface area contributed by atoms with E-state index in [9.17, 15) is 0 Å². The number of fused-ring (bicyclic) bond motifs is 6. The van der Waals surface area contributed by atoms with E-state index in [4.69, 9.17) is 0 Å². The van der Waals surface area contributed by atoms with E-state index in [1.807, 2.05) is 0 Å². The monoisotopic (exact) mass is 753 g/mol. The third kappa shape index (κ3) is 5.31. The molecule has 0 heterocycles. The smallest absolute Gasteiger partial charge is 0.0713 e. The zero-order valence-electron chi connectivity index (χ0n) is 33.3. The maximum Gasteiger partial charge on any atom is 0.0713 e. The summed E-state index contributed by atoms with van der Waals surface area (Å²) in [6, 6.07) is 83.0. The van der Waals surface area contributed by atoms with Gasteiger partial charge in [0.25, 0.3) is 0 Å². The minimum Gasteiger partial charge on any atom is -0.310 e. The highest BCUT2D eigenvalue weighted by Gasteiger charge is 2.47. The Morgan fingerprint density at radius 2 is 0.831 bits per heavy atom. The van der Waals surface area contributed by atoms with Crippen LogP contribution >= 0.6 is 0 Å². The number of hydrogen-bond donors (Lipinski definition) is 0. The molecule has 0 spiro atoms. The van der Waals surface area contributed by atoms with Gasteiger partial charge in [-0.3, -0.25) is 0 Å². The second kappa shape index (κ2) is 13.7. The predicted molar refractivity (Wildman–Crippen MR) is 247 cm³/mol.